The van der Waals surface area contributed by atoms with E-state index in [1.165, 1.54) is 51.7 Å². The Hall–Kier alpha value is -0.610. The summed E-state index contributed by atoms with van der Waals surface area (Å²) in [5, 5.41) is 2.70. The van der Waals surface area contributed by atoms with Crippen molar-refractivity contribution in [1.82, 2.24) is 15.1 Å². The fraction of sp³-hybridized carbons (Fsp3) is 0.950. The molecule has 0 saturated carbocycles. The van der Waals surface area contributed by atoms with Crippen LogP contribution in [0.25, 0.3) is 0 Å². The number of hydrogen-bond donors (Lipinski definition) is 1. The van der Waals surface area contributed by atoms with E-state index in [0.717, 1.165) is 19.0 Å². The van der Waals surface area contributed by atoms with Crippen LogP contribution in [0.1, 0.15) is 73.6 Å². The highest BCUT2D eigenvalue weighted by atomic mass is 16.1. The lowest BCUT2D eigenvalue weighted by Gasteiger charge is -2.35. The summed E-state index contributed by atoms with van der Waals surface area (Å²) in [7, 11) is 1.71. The van der Waals surface area contributed by atoms with Crippen LogP contribution in [0.15, 0.2) is 0 Å². The number of piperidine rings is 2. The highest BCUT2D eigenvalue weighted by Crippen LogP contribution is 2.20. The Morgan fingerprint density at radius 3 is 1.79 bits per heavy atom. The first-order chi connectivity index (χ1) is 11.8. The maximum atomic E-state index is 11.3. The highest BCUT2D eigenvalue weighted by Gasteiger charge is 2.22. The molecule has 1 N–H and O–H groups in total. The number of nitrogens with one attached hydrogen (secondary N) is 1. The van der Waals surface area contributed by atoms with Gasteiger partial charge in [0.15, 0.2) is 0 Å². The van der Waals surface area contributed by atoms with E-state index in [2.05, 4.69) is 15.1 Å². The van der Waals surface area contributed by atoms with Crippen molar-refractivity contribution in [3.63, 3.8) is 0 Å². The largest absolute Gasteiger partial charge is 0.358 e. The molecule has 0 unspecified atom stereocenters. The van der Waals surface area contributed by atoms with Crippen LogP contribution in [0, 0.1) is 5.92 Å². The molecule has 146 valence electrons. The molecule has 0 bridgehead atoms. The van der Waals surface area contributed by atoms with Gasteiger partial charge in [0.2, 0.25) is 5.91 Å². The zero-order chi connectivity index (χ0) is 18.8. The number of nitrogens with zero attached hydrogens (tertiary/aromatic N) is 2. The molecule has 0 aromatic heterocycles. The highest BCUT2D eigenvalue weighted by molar-refractivity contribution is 5.77. The quantitative estimate of drug-likeness (QED) is 0.838. The van der Waals surface area contributed by atoms with Gasteiger partial charge in [0.1, 0.15) is 0 Å². The third kappa shape index (κ3) is 11.9. The third-order valence-corrected chi connectivity index (χ3v) is 4.32. The first-order valence-electron chi connectivity index (χ1n) is 10.4. The molecule has 2 fully saturated rings. The van der Waals surface area contributed by atoms with Crippen molar-refractivity contribution in [2.45, 2.75) is 73.6 Å². The normalized spacial score (nSPS) is 18.8. The number of carbonyl (C=O) groups is 1. The second-order valence-electron chi connectivity index (χ2n) is 5.75. The van der Waals surface area contributed by atoms with E-state index in [1.807, 2.05) is 41.5 Å². The van der Waals surface area contributed by atoms with Crippen LogP contribution >= 0.6 is 0 Å². The van der Waals surface area contributed by atoms with Crippen molar-refractivity contribution in [3.8, 4) is 0 Å². The molecule has 2 rings (SSSR count). The Kier molecular flexibility index (Phi) is 20.0. The van der Waals surface area contributed by atoms with E-state index in [0.29, 0.717) is 6.54 Å². The summed E-state index contributed by atoms with van der Waals surface area (Å²) in [5.41, 5.74) is 0. The number of amides is 1. The van der Waals surface area contributed by atoms with Crippen molar-refractivity contribution < 1.29 is 4.79 Å². The molecule has 0 aliphatic carbocycles. The SMILES string of the molecule is CC.CC.CC.CNC(=O)CN1CCC(CN2CCCCC2)CC1. The summed E-state index contributed by atoms with van der Waals surface area (Å²) >= 11 is 0. The van der Waals surface area contributed by atoms with Gasteiger partial charge in [-0.2, -0.15) is 0 Å². The lowest BCUT2D eigenvalue weighted by molar-refractivity contribution is -0.122. The minimum absolute atomic E-state index is 0.143. The Bertz CT molecular complexity index is 258. The van der Waals surface area contributed by atoms with Crippen LogP contribution < -0.4 is 5.32 Å². The van der Waals surface area contributed by atoms with E-state index in [1.54, 1.807) is 7.05 Å². The van der Waals surface area contributed by atoms with Gasteiger partial charge < -0.3 is 10.2 Å². The molecule has 4 nitrogen and oxygen atoms in total. The molecule has 24 heavy (non-hydrogen) atoms. The molecular weight excluding hydrogens is 298 g/mol. The maximum absolute atomic E-state index is 11.3. The Morgan fingerprint density at radius 2 is 1.33 bits per heavy atom. The molecule has 1 amide bonds. The zero-order valence-corrected chi connectivity index (χ0v) is 17.7. The summed E-state index contributed by atoms with van der Waals surface area (Å²) in [6, 6.07) is 0. The van der Waals surface area contributed by atoms with E-state index >= 15 is 0 Å². The van der Waals surface area contributed by atoms with E-state index in [9.17, 15) is 4.79 Å². The lowest BCUT2D eigenvalue weighted by Crippen LogP contribution is -2.43. The topological polar surface area (TPSA) is 35.6 Å². The molecule has 0 aromatic rings. The molecule has 4 heteroatoms. The molecule has 0 atom stereocenters. The smallest absolute Gasteiger partial charge is 0.233 e. The number of likely N-dealkylation sites (N-methyl/N-ethyl adjacent to an activating group) is 1. The van der Waals surface area contributed by atoms with Crippen molar-refractivity contribution >= 4 is 5.91 Å². The fourth-order valence-electron chi connectivity index (χ4n) is 3.12. The van der Waals surface area contributed by atoms with Crippen LogP contribution in [0.5, 0.6) is 0 Å². The van der Waals surface area contributed by atoms with Gasteiger partial charge >= 0.3 is 0 Å². The van der Waals surface area contributed by atoms with Gasteiger partial charge in [-0.3, -0.25) is 9.69 Å². The summed E-state index contributed by atoms with van der Waals surface area (Å²) in [6.07, 6.45) is 6.70. The molecule has 2 heterocycles. The van der Waals surface area contributed by atoms with Crippen LogP contribution in [-0.2, 0) is 4.79 Å². The molecule has 0 spiro atoms. The van der Waals surface area contributed by atoms with Crippen LogP contribution in [0.2, 0.25) is 0 Å². The molecule has 2 aliphatic heterocycles. The molecule has 2 aliphatic rings. The fourth-order valence-corrected chi connectivity index (χ4v) is 3.12. The first-order valence-corrected chi connectivity index (χ1v) is 10.4. The van der Waals surface area contributed by atoms with Crippen molar-refractivity contribution in [2.75, 3.05) is 46.3 Å². The van der Waals surface area contributed by atoms with Gasteiger partial charge in [-0.15, -0.1) is 0 Å². The van der Waals surface area contributed by atoms with E-state index < -0.39 is 0 Å². The molecule has 0 aromatic carbocycles. The second kappa shape index (κ2) is 18.7. The van der Waals surface area contributed by atoms with Gasteiger partial charge in [0.25, 0.3) is 0 Å². The van der Waals surface area contributed by atoms with Crippen molar-refractivity contribution in [1.29, 1.82) is 0 Å². The number of carbonyl (C=O) groups excluding carboxylic acids is 1. The Morgan fingerprint density at radius 1 is 0.833 bits per heavy atom. The monoisotopic (exact) mass is 343 g/mol. The van der Waals surface area contributed by atoms with E-state index in [4.69, 9.17) is 0 Å². The molecule has 0 radical (unpaired) electrons. The standard InChI is InChI=1S/C14H27N3O.3C2H6/c1-15-14(18)12-17-9-5-13(6-10-17)11-16-7-3-2-4-8-16;3*1-2/h13H,2-12H2,1H3,(H,15,18);3*1-2H3. The molecule has 2 saturated heterocycles. The predicted octanol–water partition coefficient (Wildman–Crippen LogP) is 4.01. The van der Waals surface area contributed by atoms with Crippen LogP contribution in [0.3, 0.4) is 0 Å². The minimum atomic E-state index is 0.143. The predicted molar refractivity (Wildman–Crippen MR) is 108 cm³/mol. The third-order valence-electron chi connectivity index (χ3n) is 4.32. The summed E-state index contributed by atoms with van der Waals surface area (Å²) in [5.74, 6) is 0.994. The average molecular weight is 344 g/mol. The second-order valence-corrected chi connectivity index (χ2v) is 5.75. The Balaban J connectivity index is 0. The number of rotatable bonds is 4. The number of hydrogen-bond acceptors (Lipinski definition) is 3. The van der Waals surface area contributed by atoms with Gasteiger partial charge in [0.05, 0.1) is 6.54 Å². The average Bonchev–Trinajstić information content (AvgIpc) is 2.69. The first kappa shape index (κ1) is 25.6. The van der Waals surface area contributed by atoms with Crippen LogP contribution in [0.4, 0.5) is 0 Å². The summed E-state index contributed by atoms with van der Waals surface area (Å²) in [6.45, 7) is 18.6. The zero-order valence-electron chi connectivity index (χ0n) is 17.7. The van der Waals surface area contributed by atoms with Gasteiger partial charge in [0, 0.05) is 13.6 Å². The van der Waals surface area contributed by atoms with Gasteiger partial charge in [-0.25, -0.2) is 0 Å². The van der Waals surface area contributed by atoms with Crippen molar-refractivity contribution in [3.05, 3.63) is 0 Å². The van der Waals surface area contributed by atoms with E-state index in [-0.39, 0.29) is 5.91 Å². The van der Waals surface area contributed by atoms with Crippen LogP contribution in [-0.4, -0.2) is 62.0 Å². The van der Waals surface area contributed by atoms with Crippen molar-refractivity contribution in [2.24, 2.45) is 5.92 Å². The Labute approximate surface area is 152 Å². The van der Waals surface area contributed by atoms with Gasteiger partial charge in [-0.1, -0.05) is 48.0 Å². The minimum Gasteiger partial charge on any atom is -0.358 e. The summed E-state index contributed by atoms with van der Waals surface area (Å²) in [4.78, 5) is 16.2. The molecular formula is C20H45N3O. The number of likely N-dealkylation sites (tertiary alicyclic amines) is 2. The maximum Gasteiger partial charge on any atom is 0.233 e. The lowest BCUT2D eigenvalue weighted by atomic mass is 9.95. The summed E-state index contributed by atoms with van der Waals surface area (Å²) < 4.78 is 0. The van der Waals surface area contributed by atoms with Gasteiger partial charge in [-0.05, 0) is 57.8 Å².